The van der Waals surface area contributed by atoms with Crippen molar-refractivity contribution in [1.29, 1.82) is 0 Å². The van der Waals surface area contributed by atoms with E-state index in [1.165, 1.54) is 81.6 Å². The summed E-state index contributed by atoms with van der Waals surface area (Å²) in [6.07, 6.45) is 0. The standard InChI is InChI=1S/C46H27N3O.C26H15NO.C20H13BrN2/c1-2-12-28(13-3-1)29-22-24-31(25-23-29)42-35-18-8-10-20-38(35)47-46(48-42)49-43-32-15-5-4-14-30(32)26-27-37(43)40-33-16-6-7-17-34(33)41-36-19-9-11-21-39(36)50-45(41)44(40)49;1-2-8-16-15(7-1)13-14-20-22-17-9-3-4-10-18(17)23-19-11-5-6-12-21(19)28-26(23)25(22)27-24(16)20;21-20-22-18-9-5-4-8-17(18)19(23-20)16-12-10-15(11-13-16)14-6-2-1-3-7-14/h1-27H;1-14,27H;1-13H. The van der Waals surface area contributed by atoms with Crippen LogP contribution in [0.3, 0.4) is 0 Å². The van der Waals surface area contributed by atoms with Crippen LogP contribution >= 0.6 is 15.9 Å². The second-order valence-corrected chi connectivity index (χ2v) is 26.4. The summed E-state index contributed by atoms with van der Waals surface area (Å²) in [5.41, 5.74) is 18.4. The maximum absolute atomic E-state index is 6.86. The van der Waals surface area contributed by atoms with E-state index in [1.54, 1.807) is 0 Å². The van der Waals surface area contributed by atoms with Crippen molar-refractivity contribution >= 4 is 168 Å². The molecule has 472 valence electrons. The minimum Gasteiger partial charge on any atom is -0.454 e. The van der Waals surface area contributed by atoms with Gasteiger partial charge in [-0.3, -0.25) is 4.57 Å². The smallest absolute Gasteiger partial charge is 0.235 e. The zero-order valence-corrected chi connectivity index (χ0v) is 55.7. The number of nitrogens with one attached hydrogen (secondary N) is 1. The maximum atomic E-state index is 6.86. The highest BCUT2D eigenvalue weighted by atomic mass is 79.9. The lowest BCUT2D eigenvalue weighted by molar-refractivity contribution is 0.671. The van der Waals surface area contributed by atoms with Crippen molar-refractivity contribution in [3.8, 4) is 50.7 Å². The minimum atomic E-state index is 0.610. The summed E-state index contributed by atoms with van der Waals surface area (Å²) in [7, 11) is 0. The Labute approximate surface area is 585 Å². The van der Waals surface area contributed by atoms with Gasteiger partial charge in [-0.1, -0.05) is 303 Å². The van der Waals surface area contributed by atoms with Crippen LogP contribution in [0.25, 0.3) is 203 Å². The second kappa shape index (κ2) is 23.6. The van der Waals surface area contributed by atoms with Gasteiger partial charge in [0.15, 0.2) is 15.9 Å². The largest absolute Gasteiger partial charge is 0.454 e. The lowest BCUT2D eigenvalue weighted by Gasteiger charge is -2.13. The molecular weight excluding hydrogens is 1300 g/mol. The van der Waals surface area contributed by atoms with E-state index in [0.717, 1.165) is 116 Å². The number of hydrogen-bond donors (Lipinski definition) is 1. The van der Waals surface area contributed by atoms with E-state index >= 15 is 0 Å². The first-order chi connectivity index (χ1) is 50.0. The van der Waals surface area contributed by atoms with Crippen LogP contribution in [0.15, 0.2) is 341 Å². The van der Waals surface area contributed by atoms with Gasteiger partial charge < -0.3 is 13.8 Å². The van der Waals surface area contributed by atoms with Gasteiger partial charge in [0, 0.05) is 75.8 Å². The molecular formula is C92H55BrN6O2. The number of aromatic amines is 1. The summed E-state index contributed by atoms with van der Waals surface area (Å²) in [5, 5.41) is 21.0. The van der Waals surface area contributed by atoms with Gasteiger partial charge in [0.25, 0.3) is 0 Å². The zero-order valence-electron chi connectivity index (χ0n) is 54.1. The first kappa shape index (κ1) is 58.1. The molecule has 0 bridgehead atoms. The van der Waals surface area contributed by atoms with Crippen LogP contribution in [0.2, 0.25) is 0 Å². The van der Waals surface area contributed by atoms with Crippen LogP contribution in [0.5, 0.6) is 0 Å². The molecule has 8 nitrogen and oxygen atoms in total. The summed E-state index contributed by atoms with van der Waals surface area (Å²) in [4.78, 5) is 23.5. The fourth-order valence-corrected chi connectivity index (χ4v) is 15.9. The Balaban J connectivity index is 0.000000113. The summed E-state index contributed by atoms with van der Waals surface area (Å²) >= 11 is 3.41. The fourth-order valence-electron chi connectivity index (χ4n) is 15.5. The lowest BCUT2D eigenvalue weighted by atomic mass is 9.98. The Bertz CT molecular complexity index is 7080. The van der Waals surface area contributed by atoms with Crippen LogP contribution in [-0.4, -0.2) is 29.5 Å². The Kier molecular flexibility index (Phi) is 13.6. The number of H-pyrrole nitrogens is 1. The van der Waals surface area contributed by atoms with Crippen LogP contribution in [0.1, 0.15) is 0 Å². The van der Waals surface area contributed by atoms with Crippen molar-refractivity contribution < 1.29 is 8.83 Å². The Morgan fingerprint density at radius 1 is 0.257 bits per heavy atom. The monoisotopic (exact) mass is 1350 g/mol. The van der Waals surface area contributed by atoms with E-state index in [0.29, 0.717) is 10.7 Å². The summed E-state index contributed by atoms with van der Waals surface area (Å²) < 4.78 is 16.1. The van der Waals surface area contributed by atoms with Crippen LogP contribution in [-0.2, 0) is 0 Å². The van der Waals surface area contributed by atoms with Gasteiger partial charge >= 0.3 is 0 Å². The Morgan fingerprint density at radius 3 is 1.25 bits per heavy atom. The molecule has 0 fully saturated rings. The number of nitrogens with zero attached hydrogens (tertiary/aromatic N) is 5. The molecule has 6 heterocycles. The second-order valence-electron chi connectivity index (χ2n) is 25.7. The molecule has 0 amide bonds. The zero-order chi connectivity index (χ0) is 66.7. The van der Waals surface area contributed by atoms with Crippen molar-refractivity contribution in [1.82, 2.24) is 29.5 Å². The van der Waals surface area contributed by atoms with E-state index in [4.69, 9.17) is 18.8 Å². The van der Waals surface area contributed by atoms with E-state index in [9.17, 15) is 0 Å². The van der Waals surface area contributed by atoms with E-state index in [1.807, 2.05) is 54.6 Å². The average molecular weight is 1360 g/mol. The van der Waals surface area contributed by atoms with Crippen LogP contribution in [0.4, 0.5) is 0 Å². The number of aromatic nitrogens is 6. The number of fused-ring (bicyclic) bond motifs is 26. The van der Waals surface area contributed by atoms with Crippen LogP contribution in [0, 0.1) is 0 Å². The average Bonchev–Trinajstić information content (AvgIpc) is 1.55. The molecule has 0 atom stereocenters. The van der Waals surface area contributed by atoms with E-state index in [-0.39, 0.29) is 0 Å². The number of furan rings is 2. The molecule has 0 saturated carbocycles. The predicted octanol–water partition coefficient (Wildman–Crippen LogP) is 25.5. The van der Waals surface area contributed by atoms with Gasteiger partial charge in [-0.2, -0.15) is 0 Å². The molecule has 101 heavy (non-hydrogen) atoms. The Morgan fingerprint density at radius 2 is 0.663 bits per heavy atom. The molecule has 0 aliphatic rings. The van der Waals surface area contributed by atoms with Gasteiger partial charge in [-0.25, -0.2) is 19.9 Å². The first-order valence-electron chi connectivity index (χ1n) is 33.9. The van der Waals surface area contributed by atoms with Crippen molar-refractivity contribution in [3.63, 3.8) is 0 Å². The molecule has 0 saturated heterocycles. The maximum Gasteiger partial charge on any atom is 0.235 e. The van der Waals surface area contributed by atoms with Gasteiger partial charge in [-0.15, -0.1) is 0 Å². The molecule has 0 spiro atoms. The molecule has 9 heteroatoms. The minimum absolute atomic E-state index is 0.610. The molecule has 0 unspecified atom stereocenters. The fraction of sp³-hybridized carbons (Fsp3) is 0. The normalized spacial score (nSPS) is 11.8. The molecule has 1 N–H and O–H groups in total. The molecule has 22 aromatic rings. The molecule has 0 aliphatic heterocycles. The number of benzene rings is 16. The quantitative estimate of drug-likeness (QED) is 0.172. The van der Waals surface area contributed by atoms with Crippen molar-refractivity contribution in [2.75, 3.05) is 0 Å². The molecule has 0 radical (unpaired) electrons. The number of rotatable bonds is 5. The third kappa shape index (κ3) is 9.50. The van der Waals surface area contributed by atoms with Crippen molar-refractivity contribution in [2.24, 2.45) is 0 Å². The Hall–Kier alpha value is -13.1. The third-order valence-corrected chi connectivity index (χ3v) is 20.4. The first-order valence-corrected chi connectivity index (χ1v) is 34.7. The van der Waals surface area contributed by atoms with E-state index in [2.05, 4.69) is 308 Å². The highest BCUT2D eigenvalue weighted by Gasteiger charge is 2.27. The van der Waals surface area contributed by atoms with E-state index < -0.39 is 0 Å². The van der Waals surface area contributed by atoms with Gasteiger partial charge in [0.05, 0.1) is 39.0 Å². The van der Waals surface area contributed by atoms with Gasteiger partial charge in [0.1, 0.15) is 16.7 Å². The van der Waals surface area contributed by atoms with Crippen molar-refractivity contribution in [3.05, 3.63) is 332 Å². The number of para-hydroxylation sites is 4. The SMILES string of the molecule is Brc1nc(-c2ccc(-c3ccccc3)cc2)c2ccccc2n1.c1ccc(-c2ccc(-c3nc(-n4c5c6ccccc6ccc5c5c6ccccc6c6c7ccccc7oc6c54)nc4ccccc34)cc2)cc1.c1ccc2c(c1)ccc1c2[nH]c2c3oc4ccccc4c3c3ccccc3c12. The van der Waals surface area contributed by atoms with Gasteiger partial charge in [-0.05, 0) is 94.8 Å². The molecule has 22 rings (SSSR count). The highest BCUT2D eigenvalue weighted by Crippen LogP contribution is 2.49. The molecule has 0 aliphatic carbocycles. The molecule has 16 aromatic carbocycles. The number of halogens is 1. The number of hydrogen-bond acceptors (Lipinski definition) is 6. The third-order valence-electron chi connectivity index (χ3n) is 20.0. The highest BCUT2D eigenvalue weighted by molar-refractivity contribution is 9.10. The molecule has 6 aromatic heterocycles. The summed E-state index contributed by atoms with van der Waals surface area (Å²) in [6.45, 7) is 0. The van der Waals surface area contributed by atoms with Crippen LogP contribution < -0.4 is 0 Å². The van der Waals surface area contributed by atoms with Gasteiger partial charge in [0.2, 0.25) is 5.95 Å². The topological polar surface area (TPSA) is 98.6 Å². The predicted molar refractivity (Wildman–Crippen MR) is 423 cm³/mol. The summed E-state index contributed by atoms with van der Waals surface area (Å²) in [5.74, 6) is 0.610. The van der Waals surface area contributed by atoms with Crippen molar-refractivity contribution in [2.45, 2.75) is 0 Å². The lowest BCUT2D eigenvalue weighted by Crippen LogP contribution is -2.04. The summed E-state index contributed by atoms with van der Waals surface area (Å²) in [6, 6.07) is 114.